The van der Waals surface area contributed by atoms with Gasteiger partial charge in [-0.1, -0.05) is 22.9 Å². The number of rotatable bonds is 6. The Labute approximate surface area is 109 Å². The molecule has 7 heteroatoms. The Morgan fingerprint density at radius 2 is 2.29 bits per heavy atom. The van der Waals surface area contributed by atoms with Crippen LogP contribution in [0.5, 0.6) is 0 Å². The Bertz CT molecular complexity index is 467. The number of hydrogen-bond acceptors (Lipinski definition) is 3. The molecule has 1 heterocycles. The largest absolute Gasteiger partial charge is 0.261 e. The van der Waals surface area contributed by atoms with Crippen molar-refractivity contribution >= 4 is 26.0 Å². The molecule has 17 heavy (non-hydrogen) atoms. The molecule has 0 saturated carbocycles. The number of hydrogen-bond donors (Lipinski definition) is 1. The predicted molar refractivity (Wildman–Crippen MR) is 67.0 cm³/mol. The van der Waals surface area contributed by atoms with E-state index in [1.807, 2.05) is 6.92 Å². The lowest BCUT2D eigenvalue weighted by atomic mass is 10.2. The molecule has 1 unspecified atom stereocenters. The van der Waals surface area contributed by atoms with Crippen molar-refractivity contribution in [2.45, 2.75) is 29.6 Å². The van der Waals surface area contributed by atoms with E-state index < -0.39 is 20.9 Å². The van der Waals surface area contributed by atoms with Crippen LogP contribution in [0.25, 0.3) is 0 Å². The van der Waals surface area contributed by atoms with Crippen LogP contribution in [0.4, 0.5) is 4.39 Å². The van der Waals surface area contributed by atoms with Gasteiger partial charge in [-0.25, -0.2) is 22.5 Å². The number of sulfonamides is 1. The fourth-order valence-corrected chi connectivity index (χ4v) is 2.47. The van der Waals surface area contributed by atoms with Gasteiger partial charge in [-0.05, 0) is 25.0 Å². The highest BCUT2D eigenvalue weighted by Crippen LogP contribution is 2.11. The quantitative estimate of drug-likeness (QED) is 0.815. The van der Waals surface area contributed by atoms with E-state index in [2.05, 4.69) is 25.6 Å². The van der Waals surface area contributed by atoms with Crippen molar-refractivity contribution in [2.24, 2.45) is 0 Å². The molecular formula is C10H14BrFN2O2S. The SMILES string of the molecule is CCC(Br)CCNS(=O)(=O)c1ncccc1F. The Kier molecular flexibility index (Phi) is 5.48. The van der Waals surface area contributed by atoms with Crippen molar-refractivity contribution < 1.29 is 12.8 Å². The normalized spacial score (nSPS) is 13.6. The van der Waals surface area contributed by atoms with Crippen molar-refractivity contribution in [3.8, 4) is 0 Å². The lowest BCUT2D eigenvalue weighted by Crippen LogP contribution is -2.27. The highest BCUT2D eigenvalue weighted by atomic mass is 79.9. The summed E-state index contributed by atoms with van der Waals surface area (Å²) in [7, 11) is -3.85. The van der Waals surface area contributed by atoms with Gasteiger partial charge in [0.15, 0.2) is 5.82 Å². The first kappa shape index (κ1) is 14.5. The topological polar surface area (TPSA) is 59.1 Å². The highest BCUT2D eigenvalue weighted by molar-refractivity contribution is 9.09. The first-order valence-corrected chi connectivity index (χ1v) is 7.61. The fourth-order valence-electron chi connectivity index (χ4n) is 1.19. The van der Waals surface area contributed by atoms with Crippen LogP contribution in [-0.2, 0) is 10.0 Å². The van der Waals surface area contributed by atoms with Gasteiger partial charge in [0.25, 0.3) is 10.0 Å². The molecule has 0 amide bonds. The van der Waals surface area contributed by atoms with Crippen LogP contribution in [0.1, 0.15) is 19.8 Å². The third-order valence-corrected chi connectivity index (χ3v) is 4.67. The van der Waals surface area contributed by atoms with E-state index in [1.54, 1.807) is 0 Å². The second-order valence-corrected chi connectivity index (χ2v) is 6.46. The van der Waals surface area contributed by atoms with Crippen molar-refractivity contribution in [1.29, 1.82) is 0 Å². The maximum absolute atomic E-state index is 13.2. The summed E-state index contributed by atoms with van der Waals surface area (Å²) in [5.41, 5.74) is 0. The number of pyridine rings is 1. The van der Waals surface area contributed by atoms with E-state index in [-0.39, 0.29) is 11.4 Å². The smallest absolute Gasteiger partial charge is 0.241 e. The zero-order valence-electron chi connectivity index (χ0n) is 9.36. The van der Waals surface area contributed by atoms with Crippen molar-refractivity contribution in [3.63, 3.8) is 0 Å². The van der Waals surface area contributed by atoms with Gasteiger partial charge in [-0.3, -0.25) is 0 Å². The number of aromatic nitrogens is 1. The molecule has 0 aromatic carbocycles. The minimum absolute atomic E-state index is 0.249. The minimum atomic E-state index is -3.85. The molecule has 1 aromatic rings. The van der Waals surface area contributed by atoms with Gasteiger partial charge in [-0.15, -0.1) is 0 Å². The van der Waals surface area contributed by atoms with E-state index in [1.165, 1.54) is 12.3 Å². The number of nitrogens with zero attached hydrogens (tertiary/aromatic N) is 1. The molecule has 0 fully saturated rings. The summed E-state index contributed by atoms with van der Waals surface area (Å²) in [5.74, 6) is -0.842. The van der Waals surface area contributed by atoms with Crippen molar-refractivity contribution in [3.05, 3.63) is 24.1 Å². The van der Waals surface area contributed by atoms with Gasteiger partial charge in [-0.2, -0.15) is 0 Å². The molecule has 0 bridgehead atoms. The highest BCUT2D eigenvalue weighted by Gasteiger charge is 2.19. The van der Waals surface area contributed by atoms with Crippen LogP contribution in [0, 0.1) is 5.82 Å². The van der Waals surface area contributed by atoms with Gasteiger partial charge in [0.05, 0.1) is 0 Å². The maximum Gasteiger partial charge on any atom is 0.261 e. The molecule has 0 aliphatic carbocycles. The third-order valence-electron chi connectivity index (χ3n) is 2.17. The third kappa shape index (κ3) is 4.33. The number of halogens is 2. The summed E-state index contributed by atoms with van der Waals surface area (Å²) in [6.45, 7) is 2.24. The average molecular weight is 325 g/mol. The van der Waals surface area contributed by atoms with Crippen molar-refractivity contribution in [1.82, 2.24) is 9.71 Å². The Balaban J connectivity index is 2.67. The minimum Gasteiger partial charge on any atom is -0.241 e. The molecule has 1 atom stereocenters. The maximum atomic E-state index is 13.2. The number of alkyl halides is 1. The first-order valence-electron chi connectivity index (χ1n) is 5.21. The summed E-state index contributed by atoms with van der Waals surface area (Å²) in [5, 5.41) is -0.553. The van der Waals surface area contributed by atoms with Crippen LogP contribution in [-0.4, -0.2) is 24.8 Å². The molecule has 96 valence electrons. The zero-order valence-corrected chi connectivity index (χ0v) is 11.8. The predicted octanol–water partition coefficient (Wildman–Crippen LogP) is 2.06. The lowest BCUT2D eigenvalue weighted by molar-refractivity contribution is 0.543. The average Bonchev–Trinajstić information content (AvgIpc) is 2.28. The van der Waals surface area contributed by atoms with E-state index >= 15 is 0 Å². The number of nitrogens with one attached hydrogen (secondary N) is 1. The fraction of sp³-hybridized carbons (Fsp3) is 0.500. The van der Waals surface area contributed by atoms with Crippen LogP contribution >= 0.6 is 15.9 Å². The van der Waals surface area contributed by atoms with Gasteiger partial charge < -0.3 is 0 Å². The second-order valence-electron chi connectivity index (χ2n) is 3.48. The lowest BCUT2D eigenvalue weighted by Gasteiger charge is -2.08. The zero-order chi connectivity index (χ0) is 12.9. The van der Waals surface area contributed by atoms with Crippen LogP contribution < -0.4 is 4.72 Å². The van der Waals surface area contributed by atoms with Gasteiger partial charge in [0, 0.05) is 17.6 Å². The molecule has 0 spiro atoms. The summed E-state index contributed by atoms with van der Waals surface area (Å²) < 4.78 is 39.0. The summed E-state index contributed by atoms with van der Waals surface area (Å²) in [4.78, 5) is 3.78. The molecule has 1 rings (SSSR count). The van der Waals surface area contributed by atoms with E-state index in [9.17, 15) is 12.8 Å². The summed E-state index contributed by atoms with van der Waals surface area (Å²) >= 11 is 3.39. The Hall–Kier alpha value is -0.530. The second kappa shape index (κ2) is 6.42. The van der Waals surface area contributed by atoms with Crippen LogP contribution in [0.3, 0.4) is 0 Å². The first-order chi connectivity index (χ1) is 7.97. The molecule has 0 aliphatic heterocycles. The Morgan fingerprint density at radius 1 is 1.59 bits per heavy atom. The molecule has 0 saturated heterocycles. The van der Waals surface area contributed by atoms with E-state index in [0.29, 0.717) is 6.42 Å². The summed E-state index contributed by atoms with van der Waals surface area (Å²) in [6.07, 6.45) is 2.79. The van der Waals surface area contributed by atoms with Crippen molar-refractivity contribution in [2.75, 3.05) is 6.54 Å². The van der Waals surface area contributed by atoms with Crippen LogP contribution in [0.15, 0.2) is 23.4 Å². The molecule has 4 nitrogen and oxygen atoms in total. The van der Waals surface area contributed by atoms with Crippen LogP contribution in [0.2, 0.25) is 0 Å². The van der Waals surface area contributed by atoms with E-state index in [4.69, 9.17) is 0 Å². The van der Waals surface area contributed by atoms with Gasteiger partial charge >= 0.3 is 0 Å². The standard InChI is InChI=1S/C10H14BrFN2O2S/c1-2-8(11)5-7-14-17(15,16)10-9(12)4-3-6-13-10/h3-4,6,8,14H,2,5,7H2,1H3. The summed E-state index contributed by atoms with van der Waals surface area (Å²) in [6, 6.07) is 2.42. The van der Waals surface area contributed by atoms with E-state index in [0.717, 1.165) is 12.5 Å². The molecular weight excluding hydrogens is 311 g/mol. The van der Waals surface area contributed by atoms with Gasteiger partial charge in [0.2, 0.25) is 5.03 Å². The molecule has 0 radical (unpaired) electrons. The monoisotopic (exact) mass is 324 g/mol. The Morgan fingerprint density at radius 3 is 2.88 bits per heavy atom. The molecule has 0 aliphatic rings. The molecule has 1 aromatic heterocycles. The van der Waals surface area contributed by atoms with Gasteiger partial charge in [0.1, 0.15) is 0 Å². The molecule has 1 N–H and O–H groups in total.